The maximum Gasteiger partial charge on any atom is 0.348 e. The highest BCUT2D eigenvalue weighted by Gasteiger charge is 2.20. The van der Waals surface area contributed by atoms with E-state index in [-0.39, 0.29) is 4.88 Å². The zero-order valence-electron chi connectivity index (χ0n) is 8.99. The van der Waals surface area contributed by atoms with E-state index < -0.39 is 5.97 Å². The molecule has 4 nitrogen and oxygen atoms in total. The molecular formula is C11H10INO3S. The molecule has 17 heavy (non-hydrogen) atoms. The lowest BCUT2D eigenvalue weighted by atomic mass is 10.2. The van der Waals surface area contributed by atoms with Crippen molar-refractivity contribution >= 4 is 55.7 Å². The highest BCUT2D eigenvalue weighted by molar-refractivity contribution is 14.1. The summed E-state index contributed by atoms with van der Waals surface area (Å²) >= 11 is 3.35. The second kappa shape index (κ2) is 4.69. The van der Waals surface area contributed by atoms with Crippen LogP contribution in [0.15, 0.2) is 12.1 Å². The smallest absolute Gasteiger partial charge is 0.348 e. The number of nitrogens with two attached hydrogens (primary N) is 1. The first-order chi connectivity index (χ1) is 8.06. The number of carboxylic acid groups (broad SMARTS) is 1. The molecule has 2 rings (SSSR count). The Balaban J connectivity index is 2.79. The predicted molar refractivity (Wildman–Crippen MR) is 77.1 cm³/mol. The summed E-state index contributed by atoms with van der Waals surface area (Å²) in [6.45, 7) is 2.40. The molecule has 0 aliphatic carbocycles. The van der Waals surface area contributed by atoms with Crippen molar-refractivity contribution in [3.63, 3.8) is 0 Å². The molecule has 1 aromatic heterocycles. The normalized spacial score (nSPS) is 10.7. The third-order valence-electron chi connectivity index (χ3n) is 2.28. The number of aromatic carboxylic acids is 1. The van der Waals surface area contributed by atoms with Gasteiger partial charge in [0.1, 0.15) is 10.6 Å². The van der Waals surface area contributed by atoms with Crippen LogP contribution in [-0.4, -0.2) is 17.7 Å². The van der Waals surface area contributed by atoms with Gasteiger partial charge in [-0.3, -0.25) is 0 Å². The molecule has 0 radical (unpaired) electrons. The first kappa shape index (κ1) is 12.4. The standard InChI is InChI=1S/C11H10INO3S/c1-2-16-6-4-3-5(12)9-7(6)8(13)10(17-9)11(14)15/h3-4H,2,13H2,1H3,(H,14,15). The molecule has 0 saturated heterocycles. The van der Waals surface area contributed by atoms with Gasteiger partial charge >= 0.3 is 5.97 Å². The van der Waals surface area contributed by atoms with Crippen LogP contribution < -0.4 is 10.5 Å². The van der Waals surface area contributed by atoms with Crippen LogP contribution in [0.1, 0.15) is 16.6 Å². The van der Waals surface area contributed by atoms with E-state index in [2.05, 4.69) is 22.6 Å². The summed E-state index contributed by atoms with van der Waals surface area (Å²) < 4.78 is 7.32. The van der Waals surface area contributed by atoms with E-state index in [1.807, 2.05) is 19.1 Å². The molecular weight excluding hydrogens is 353 g/mol. The number of thiophene rings is 1. The Bertz CT molecular complexity index is 594. The molecule has 2 aromatic rings. The molecule has 6 heteroatoms. The second-order valence-corrected chi connectivity index (χ2v) is 5.52. The Kier molecular flexibility index (Phi) is 3.43. The van der Waals surface area contributed by atoms with Crippen LogP contribution in [0.5, 0.6) is 5.75 Å². The monoisotopic (exact) mass is 363 g/mol. The zero-order chi connectivity index (χ0) is 12.6. The Morgan fingerprint density at radius 1 is 1.59 bits per heavy atom. The van der Waals surface area contributed by atoms with Crippen LogP contribution in [-0.2, 0) is 0 Å². The Morgan fingerprint density at radius 2 is 2.29 bits per heavy atom. The van der Waals surface area contributed by atoms with E-state index in [4.69, 9.17) is 15.6 Å². The average molecular weight is 363 g/mol. The quantitative estimate of drug-likeness (QED) is 0.822. The van der Waals surface area contributed by atoms with Crippen molar-refractivity contribution in [3.05, 3.63) is 20.6 Å². The molecule has 0 atom stereocenters. The number of ether oxygens (including phenoxy) is 1. The lowest BCUT2D eigenvalue weighted by Crippen LogP contribution is -1.98. The molecule has 0 saturated carbocycles. The summed E-state index contributed by atoms with van der Waals surface area (Å²) in [5.74, 6) is -0.355. The first-order valence-corrected chi connectivity index (χ1v) is 6.82. The molecule has 0 aliphatic heterocycles. The van der Waals surface area contributed by atoms with Gasteiger partial charge in [0.05, 0.1) is 22.4 Å². The summed E-state index contributed by atoms with van der Waals surface area (Å²) in [6.07, 6.45) is 0. The summed E-state index contributed by atoms with van der Waals surface area (Å²) in [5.41, 5.74) is 6.18. The van der Waals surface area contributed by atoms with Gasteiger partial charge in [-0.05, 0) is 41.6 Å². The Labute approximate surface area is 116 Å². The average Bonchev–Trinajstić information content (AvgIpc) is 2.62. The Morgan fingerprint density at radius 3 is 2.88 bits per heavy atom. The summed E-state index contributed by atoms with van der Waals surface area (Å²) in [7, 11) is 0. The van der Waals surface area contributed by atoms with Gasteiger partial charge in [-0.2, -0.15) is 0 Å². The van der Waals surface area contributed by atoms with Gasteiger partial charge in [-0.25, -0.2) is 4.79 Å². The van der Waals surface area contributed by atoms with Crippen LogP contribution in [0.25, 0.3) is 10.1 Å². The summed E-state index contributed by atoms with van der Waals surface area (Å²) in [4.78, 5) is 11.2. The minimum Gasteiger partial charge on any atom is -0.493 e. The number of fused-ring (bicyclic) bond motifs is 1. The molecule has 0 amide bonds. The van der Waals surface area contributed by atoms with E-state index >= 15 is 0 Å². The summed E-state index contributed by atoms with van der Waals surface area (Å²) in [6, 6.07) is 3.72. The van der Waals surface area contributed by atoms with Crippen molar-refractivity contribution in [3.8, 4) is 5.75 Å². The lowest BCUT2D eigenvalue weighted by molar-refractivity contribution is 0.0703. The molecule has 1 aromatic carbocycles. The van der Waals surface area contributed by atoms with Crippen molar-refractivity contribution in [1.29, 1.82) is 0 Å². The lowest BCUT2D eigenvalue weighted by Gasteiger charge is -2.06. The van der Waals surface area contributed by atoms with Crippen molar-refractivity contribution in [1.82, 2.24) is 0 Å². The highest BCUT2D eigenvalue weighted by atomic mass is 127. The molecule has 90 valence electrons. The number of rotatable bonds is 3. The fourth-order valence-corrected chi connectivity index (χ4v) is 3.36. The van der Waals surface area contributed by atoms with Crippen molar-refractivity contribution in [2.45, 2.75) is 6.92 Å². The van der Waals surface area contributed by atoms with Gasteiger partial charge in [0.2, 0.25) is 0 Å². The number of carboxylic acids is 1. The number of anilines is 1. The largest absolute Gasteiger partial charge is 0.493 e. The van der Waals surface area contributed by atoms with Gasteiger partial charge < -0.3 is 15.6 Å². The third kappa shape index (κ3) is 2.06. The van der Waals surface area contributed by atoms with Gasteiger partial charge in [0.15, 0.2) is 0 Å². The van der Waals surface area contributed by atoms with Crippen LogP contribution in [0.3, 0.4) is 0 Å². The van der Waals surface area contributed by atoms with Gasteiger partial charge in [0.25, 0.3) is 0 Å². The minimum absolute atomic E-state index is 0.171. The van der Waals surface area contributed by atoms with E-state index in [0.29, 0.717) is 23.4 Å². The number of benzene rings is 1. The van der Waals surface area contributed by atoms with Crippen LogP contribution >= 0.6 is 33.9 Å². The van der Waals surface area contributed by atoms with Gasteiger partial charge in [-0.1, -0.05) is 0 Å². The molecule has 1 heterocycles. The fraction of sp³-hybridized carbons (Fsp3) is 0.182. The van der Waals surface area contributed by atoms with Crippen LogP contribution in [0.4, 0.5) is 5.69 Å². The second-order valence-electron chi connectivity index (χ2n) is 3.33. The number of carbonyl (C=O) groups is 1. The maximum atomic E-state index is 11.1. The maximum absolute atomic E-state index is 11.1. The van der Waals surface area contributed by atoms with E-state index in [9.17, 15) is 4.79 Å². The SMILES string of the molecule is CCOc1ccc(I)c2sc(C(=O)O)c(N)c12. The van der Waals surface area contributed by atoms with Gasteiger partial charge in [-0.15, -0.1) is 11.3 Å². The first-order valence-electron chi connectivity index (χ1n) is 4.92. The van der Waals surface area contributed by atoms with Crippen molar-refractivity contribution < 1.29 is 14.6 Å². The number of nitrogen functional groups attached to an aromatic ring is 1. The zero-order valence-corrected chi connectivity index (χ0v) is 12.0. The molecule has 3 N–H and O–H groups in total. The molecule has 0 spiro atoms. The van der Waals surface area contributed by atoms with E-state index in [0.717, 1.165) is 8.27 Å². The highest BCUT2D eigenvalue weighted by Crippen LogP contribution is 2.41. The Hall–Kier alpha value is -1.02. The molecule has 0 aliphatic rings. The minimum atomic E-state index is -0.998. The molecule has 0 bridgehead atoms. The molecule has 0 fully saturated rings. The van der Waals surface area contributed by atoms with Crippen LogP contribution in [0.2, 0.25) is 0 Å². The molecule has 0 unspecified atom stereocenters. The number of hydrogen-bond acceptors (Lipinski definition) is 4. The van der Waals surface area contributed by atoms with Crippen LogP contribution in [0, 0.1) is 3.57 Å². The topological polar surface area (TPSA) is 72.5 Å². The van der Waals surface area contributed by atoms with Crippen molar-refractivity contribution in [2.75, 3.05) is 12.3 Å². The summed E-state index contributed by atoms with van der Waals surface area (Å²) in [5, 5.41) is 9.77. The fourth-order valence-electron chi connectivity index (χ4n) is 1.60. The third-order valence-corrected chi connectivity index (χ3v) is 4.78. The number of hydrogen-bond donors (Lipinski definition) is 2. The number of halogens is 1. The van der Waals surface area contributed by atoms with E-state index in [1.54, 1.807) is 0 Å². The van der Waals surface area contributed by atoms with E-state index in [1.165, 1.54) is 11.3 Å². The van der Waals surface area contributed by atoms with Crippen molar-refractivity contribution in [2.24, 2.45) is 0 Å². The predicted octanol–water partition coefficient (Wildman–Crippen LogP) is 3.18. The van der Waals surface area contributed by atoms with Gasteiger partial charge in [0, 0.05) is 3.57 Å².